The molecule has 1 amide bonds. The van der Waals surface area contributed by atoms with Gasteiger partial charge in [-0.15, -0.1) is 11.3 Å². The zero-order valence-corrected chi connectivity index (χ0v) is 25.4. The van der Waals surface area contributed by atoms with E-state index in [-0.39, 0.29) is 30.9 Å². The molecular weight excluding hydrogens is 572 g/mol. The van der Waals surface area contributed by atoms with Crippen LogP contribution in [0.25, 0.3) is 21.0 Å². The number of hydrogen-bond acceptors (Lipinski definition) is 9. The first-order valence-corrected chi connectivity index (χ1v) is 15.5. The van der Waals surface area contributed by atoms with Gasteiger partial charge in [-0.2, -0.15) is 0 Å². The Hall–Kier alpha value is -3.74. The molecular formula is C31H36N4O7S. The number of fused-ring (bicyclic) bond motifs is 1. The van der Waals surface area contributed by atoms with E-state index in [4.69, 9.17) is 13.9 Å². The molecule has 2 aliphatic heterocycles. The molecule has 1 atom stereocenters. The molecule has 2 aliphatic rings. The van der Waals surface area contributed by atoms with Gasteiger partial charge in [0, 0.05) is 44.3 Å². The number of ether oxygens (including phenoxy) is 2. The molecule has 1 aromatic carbocycles. The maximum Gasteiger partial charge on any atom is 0.333 e. The normalized spacial score (nSPS) is 16.9. The molecule has 1 unspecified atom stereocenters. The number of oxazole rings is 1. The number of nitrogens with zero attached hydrogens (tertiary/aromatic N) is 4. The van der Waals surface area contributed by atoms with Crippen LogP contribution in [0.3, 0.4) is 0 Å². The minimum absolute atomic E-state index is 0.00138. The maximum atomic E-state index is 14.5. The van der Waals surface area contributed by atoms with Crippen molar-refractivity contribution in [2.45, 2.75) is 64.1 Å². The van der Waals surface area contributed by atoms with Crippen molar-refractivity contribution in [3.8, 4) is 16.5 Å². The van der Waals surface area contributed by atoms with Gasteiger partial charge >= 0.3 is 5.69 Å². The summed E-state index contributed by atoms with van der Waals surface area (Å²) in [7, 11) is 0. The minimum Gasteiger partial charge on any atom is -0.508 e. The summed E-state index contributed by atoms with van der Waals surface area (Å²) in [5.41, 5.74) is -1.29. The maximum absolute atomic E-state index is 14.5. The molecule has 43 heavy (non-hydrogen) atoms. The highest BCUT2D eigenvalue weighted by atomic mass is 32.1. The second-order valence-electron chi connectivity index (χ2n) is 11.7. The molecule has 5 heterocycles. The molecule has 1 N–H and O–H groups in total. The van der Waals surface area contributed by atoms with E-state index in [1.807, 2.05) is 12.1 Å². The van der Waals surface area contributed by atoms with Crippen LogP contribution >= 0.6 is 11.3 Å². The third-order valence-electron chi connectivity index (χ3n) is 8.55. The predicted molar refractivity (Wildman–Crippen MR) is 162 cm³/mol. The van der Waals surface area contributed by atoms with Crippen molar-refractivity contribution in [3.63, 3.8) is 0 Å². The molecule has 6 rings (SSSR count). The SMILES string of the molecule is Cc1c(-c2ncco2)sc2c1c(=O)n(C(C)(C)C(=O)N1CCC1)c(=O)n2CC(COC1CCOCC1)c1ccccc1O. The van der Waals surface area contributed by atoms with E-state index in [0.29, 0.717) is 58.4 Å². The average Bonchev–Trinajstić information content (AvgIpc) is 3.61. The summed E-state index contributed by atoms with van der Waals surface area (Å²) in [6.45, 7) is 7.83. The van der Waals surface area contributed by atoms with Gasteiger partial charge in [0.2, 0.25) is 11.8 Å². The Morgan fingerprint density at radius 3 is 2.60 bits per heavy atom. The van der Waals surface area contributed by atoms with E-state index in [1.165, 1.54) is 23.8 Å². The highest BCUT2D eigenvalue weighted by Gasteiger charge is 2.40. The number of hydrogen-bond donors (Lipinski definition) is 1. The van der Waals surface area contributed by atoms with Crippen LogP contribution in [0.4, 0.5) is 0 Å². The van der Waals surface area contributed by atoms with Crippen LogP contribution in [0.1, 0.15) is 50.2 Å². The fraction of sp³-hybridized carbons (Fsp3) is 0.484. The molecule has 4 aromatic rings. The first kappa shape index (κ1) is 29.3. The number of phenolic OH excluding ortho intramolecular Hbond substituents is 1. The Bertz CT molecular complexity index is 1740. The molecule has 12 heteroatoms. The van der Waals surface area contributed by atoms with Crippen LogP contribution in [-0.4, -0.2) is 69.0 Å². The molecule has 0 aliphatic carbocycles. The molecule has 2 saturated heterocycles. The van der Waals surface area contributed by atoms with Gasteiger partial charge in [-0.05, 0) is 51.7 Å². The number of likely N-dealkylation sites (tertiary alicyclic amines) is 1. The summed E-state index contributed by atoms with van der Waals surface area (Å²) in [6.07, 6.45) is 5.40. The van der Waals surface area contributed by atoms with Crippen LogP contribution in [0, 0.1) is 6.92 Å². The van der Waals surface area contributed by atoms with Crippen molar-refractivity contribution < 1.29 is 23.8 Å². The molecule has 0 radical (unpaired) electrons. The molecule has 0 spiro atoms. The number of carbonyl (C=O) groups excluding carboxylic acids is 1. The van der Waals surface area contributed by atoms with E-state index in [0.717, 1.165) is 23.8 Å². The van der Waals surface area contributed by atoms with E-state index >= 15 is 0 Å². The van der Waals surface area contributed by atoms with E-state index < -0.39 is 22.7 Å². The van der Waals surface area contributed by atoms with Crippen molar-refractivity contribution in [1.29, 1.82) is 0 Å². The number of phenols is 1. The highest BCUT2D eigenvalue weighted by molar-refractivity contribution is 7.22. The fourth-order valence-corrected chi connectivity index (χ4v) is 7.17. The van der Waals surface area contributed by atoms with Crippen molar-refractivity contribution in [1.82, 2.24) is 19.0 Å². The summed E-state index contributed by atoms with van der Waals surface area (Å²) >= 11 is 1.25. The number of rotatable bonds is 9. The number of carbonyl (C=O) groups is 1. The van der Waals surface area contributed by atoms with Crippen molar-refractivity contribution in [2.24, 2.45) is 0 Å². The van der Waals surface area contributed by atoms with Gasteiger partial charge in [-0.1, -0.05) is 18.2 Å². The topological polar surface area (TPSA) is 129 Å². The van der Waals surface area contributed by atoms with Crippen LogP contribution in [0.5, 0.6) is 5.75 Å². The number of thiophene rings is 1. The molecule has 228 valence electrons. The van der Waals surface area contributed by atoms with Gasteiger partial charge in [-0.25, -0.2) is 14.3 Å². The Morgan fingerprint density at radius 2 is 1.95 bits per heavy atom. The summed E-state index contributed by atoms with van der Waals surface area (Å²) in [5, 5.41) is 11.2. The van der Waals surface area contributed by atoms with Gasteiger partial charge in [-0.3, -0.25) is 14.2 Å². The van der Waals surface area contributed by atoms with Crippen LogP contribution in [0.15, 0.2) is 50.7 Å². The summed E-state index contributed by atoms with van der Waals surface area (Å²) in [4.78, 5) is 49.3. The highest BCUT2D eigenvalue weighted by Crippen LogP contribution is 2.37. The molecule has 0 bridgehead atoms. The number of aromatic hydroxyl groups is 1. The van der Waals surface area contributed by atoms with Gasteiger partial charge in [0.15, 0.2) is 0 Å². The third-order valence-corrected chi connectivity index (χ3v) is 9.85. The Morgan fingerprint density at radius 1 is 1.21 bits per heavy atom. The Kier molecular flexibility index (Phi) is 8.01. The minimum atomic E-state index is -1.43. The lowest BCUT2D eigenvalue weighted by atomic mass is 9.98. The van der Waals surface area contributed by atoms with Crippen molar-refractivity contribution >= 4 is 27.5 Å². The number of aryl methyl sites for hydroxylation is 1. The van der Waals surface area contributed by atoms with Gasteiger partial charge in [0.05, 0.1) is 29.2 Å². The number of amides is 1. The first-order valence-electron chi connectivity index (χ1n) is 14.6. The van der Waals surface area contributed by atoms with E-state index in [9.17, 15) is 19.5 Å². The Balaban J connectivity index is 1.52. The largest absolute Gasteiger partial charge is 0.508 e. The average molecular weight is 609 g/mol. The first-order chi connectivity index (χ1) is 20.7. The monoisotopic (exact) mass is 608 g/mol. The van der Waals surface area contributed by atoms with E-state index in [1.54, 1.807) is 42.4 Å². The summed E-state index contributed by atoms with van der Waals surface area (Å²) in [5.74, 6) is -0.265. The van der Waals surface area contributed by atoms with Gasteiger partial charge in [0.1, 0.15) is 22.4 Å². The lowest BCUT2D eigenvalue weighted by molar-refractivity contribution is -0.143. The predicted octanol–water partition coefficient (Wildman–Crippen LogP) is 3.84. The smallest absolute Gasteiger partial charge is 0.333 e. The lowest BCUT2D eigenvalue weighted by Crippen LogP contribution is -2.59. The molecule has 2 fully saturated rings. The number of aromatic nitrogens is 3. The number of para-hydroxylation sites is 1. The molecule has 11 nitrogen and oxygen atoms in total. The third kappa shape index (κ3) is 5.32. The van der Waals surface area contributed by atoms with Crippen molar-refractivity contribution in [3.05, 3.63) is 68.7 Å². The van der Waals surface area contributed by atoms with Crippen molar-refractivity contribution in [2.75, 3.05) is 32.9 Å². The quantitative estimate of drug-likeness (QED) is 0.304. The summed E-state index contributed by atoms with van der Waals surface area (Å²) in [6, 6.07) is 7.01. The molecule has 0 saturated carbocycles. The van der Waals surface area contributed by atoms with Gasteiger partial charge < -0.3 is 23.9 Å². The molecule has 3 aromatic heterocycles. The van der Waals surface area contributed by atoms with Crippen LogP contribution < -0.4 is 11.2 Å². The van der Waals surface area contributed by atoms with Crippen LogP contribution in [0.2, 0.25) is 0 Å². The zero-order valence-electron chi connectivity index (χ0n) is 24.6. The van der Waals surface area contributed by atoms with E-state index in [2.05, 4.69) is 4.98 Å². The lowest BCUT2D eigenvalue weighted by Gasteiger charge is -2.38. The Labute approximate surface area is 252 Å². The standard InChI is InChI=1S/C31H36N4O7S/c1-19-24-27(37)35(31(2,3)29(38)33-12-6-13-33)30(39)34(28(24)43-25(19)26-32-11-16-41-26)17-20(22-7-4-5-8-23(22)36)18-42-21-9-14-40-15-10-21/h4-5,7-8,11,16,20-21,36H,6,9-10,12-15,17-18H2,1-3H3. The fourth-order valence-electron chi connectivity index (χ4n) is 5.93. The van der Waals surface area contributed by atoms with Gasteiger partial charge in [0.25, 0.3) is 5.56 Å². The zero-order chi connectivity index (χ0) is 30.3. The second kappa shape index (κ2) is 11.7. The number of benzene rings is 1. The second-order valence-corrected chi connectivity index (χ2v) is 12.7. The summed E-state index contributed by atoms with van der Waals surface area (Å²) < 4.78 is 20.0. The van der Waals surface area contributed by atoms with Crippen LogP contribution in [-0.2, 0) is 26.4 Å².